The van der Waals surface area contributed by atoms with Crippen LogP contribution in [0.5, 0.6) is 0 Å². The summed E-state index contributed by atoms with van der Waals surface area (Å²) in [5.41, 5.74) is 6.19. The zero-order valence-corrected chi connectivity index (χ0v) is 23.5. The van der Waals surface area contributed by atoms with Crippen molar-refractivity contribution in [2.24, 2.45) is 11.8 Å². The van der Waals surface area contributed by atoms with Gasteiger partial charge in [0.2, 0.25) is 0 Å². The maximum atomic E-state index is 2.52. The molecule has 2 atom stereocenters. The van der Waals surface area contributed by atoms with E-state index in [9.17, 15) is 0 Å². The van der Waals surface area contributed by atoms with Crippen LogP contribution in [0.15, 0.2) is 60.7 Å². The molecule has 0 saturated heterocycles. The van der Waals surface area contributed by atoms with Gasteiger partial charge in [0.1, 0.15) is 27.2 Å². The Morgan fingerprint density at radius 3 is 1.42 bits per heavy atom. The molecule has 0 aromatic heterocycles. The van der Waals surface area contributed by atoms with Gasteiger partial charge in [0.05, 0.1) is 12.8 Å². The molecule has 2 heterocycles. The minimum Gasteiger partial charge on any atom is -1.00 e. The highest BCUT2D eigenvalue weighted by molar-refractivity contribution is 5.83. The van der Waals surface area contributed by atoms with E-state index in [0.717, 1.165) is 24.7 Å². The smallest absolute Gasteiger partial charge is 0.156 e. The molecule has 180 valence electrons. The first-order valence-corrected chi connectivity index (χ1v) is 12.4. The van der Waals surface area contributed by atoms with E-state index in [4.69, 9.17) is 0 Å². The van der Waals surface area contributed by atoms with E-state index in [1.54, 1.807) is 11.4 Å². The molecule has 0 amide bonds. The molecule has 0 bridgehead atoms. The van der Waals surface area contributed by atoms with E-state index in [2.05, 4.69) is 83.9 Å². The number of nitrogens with zero attached hydrogens (tertiary/aromatic N) is 2. The van der Waals surface area contributed by atoms with Gasteiger partial charge in [0, 0.05) is 25.7 Å². The van der Waals surface area contributed by atoms with Gasteiger partial charge in [-0.15, -0.1) is 0 Å². The maximum absolute atomic E-state index is 2.52. The van der Waals surface area contributed by atoms with Crippen molar-refractivity contribution < 1.29 is 43.1 Å². The molecule has 0 N–H and O–H groups in total. The van der Waals surface area contributed by atoms with Crippen molar-refractivity contribution in [1.82, 2.24) is 0 Å². The highest BCUT2D eigenvalue weighted by Crippen LogP contribution is 2.27. The summed E-state index contributed by atoms with van der Waals surface area (Å²) in [7, 11) is 4.58. The minimum atomic E-state index is 0. The summed E-state index contributed by atoms with van der Waals surface area (Å²) >= 11 is 0. The van der Waals surface area contributed by atoms with E-state index < -0.39 is 0 Å². The summed E-state index contributed by atoms with van der Waals surface area (Å²) in [6.45, 7) is 2.46. The molecule has 2 aliphatic rings. The second-order valence-corrected chi connectivity index (χ2v) is 9.95. The fraction of sp³-hybridized carbons (Fsp3) is 0.517. The number of rotatable bonds is 8. The first kappa shape index (κ1) is 28.0. The lowest BCUT2D eigenvalue weighted by Gasteiger charge is -2.24. The van der Waals surface area contributed by atoms with Gasteiger partial charge >= 0.3 is 0 Å². The molecule has 33 heavy (non-hydrogen) atoms. The average Bonchev–Trinajstić information content (AvgIpc) is 2.79. The number of hydrogen-bond acceptors (Lipinski definition) is 0. The van der Waals surface area contributed by atoms with Crippen molar-refractivity contribution in [3.63, 3.8) is 0 Å². The molecule has 4 rings (SSSR count). The lowest BCUT2D eigenvalue weighted by molar-refractivity contribution is -0.506. The third-order valence-electron chi connectivity index (χ3n) is 7.60. The van der Waals surface area contributed by atoms with Crippen molar-refractivity contribution in [2.75, 3.05) is 27.2 Å². The molecule has 0 saturated carbocycles. The largest absolute Gasteiger partial charge is 1.00 e. The predicted molar refractivity (Wildman–Crippen MR) is 132 cm³/mol. The summed E-state index contributed by atoms with van der Waals surface area (Å²) in [4.78, 5) is 0. The van der Waals surface area contributed by atoms with E-state index >= 15 is 0 Å². The van der Waals surface area contributed by atoms with Crippen LogP contribution in [0.1, 0.15) is 56.1 Å². The third kappa shape index (κ3) is 8.47. The van der Waals surface area contributed by atoms with Gasteiger partial charge in [0.25, 0.3) is 0 Å². The van der Waals surface area contributed by atoms with Gasteiger partial charge in [-0.3, -0.25) is 0 Å². The lowest BCUT2D eigenvalue weighted by atomic mass is 9.84. The Morgan fingerprint density at radius 2 is 1.03 bits per heavy atom. The highest BCUT2D eigenvalue weighted by atomic mass is 79.9. The van der Waals surface area contributed by atoms with Crippen LogP contribution in [0.25, 0.3) is 0 Å². The summed E-state index contributed by atoms with van der Waals surface area (Å²) < 4.78 is 5.04. The molecular formula is C29H40Br2N2. The van der Waals surface area contributed by atoms with Crippen LogP contribution in [0.2, 0.25) is 0 Å². The molecule has 0 radical (unpaired) electrons. The van der Waals surface area contributed by atoms with Gasteiger partial charge in [-0.1, -0.05) is 67.1 Å². The number of benzene rings is 2. The van der Waals surface area contributed by atoms with Gasteiger partial charge < -0.3 is 34.0 Å². The Bertz CT molecular complexity index is 830. The Hall–Kier alpha value is -1.26. The van der Waals surface area contributed by atoms with Crippen LogP contribution >= 0.6 is 0 Å². The van der Waals surface area contributed by atoms with Gasteiger partial charge in [-0.05, 0) is 35.8 Å². The zero-order chi connectivity index (χ0) is 21.5. The normalized spacial score (nSPS) is 20.8. The van der Waals surface area contributed by atoms with Crippen LogP contribution in [0.3, 0.4) is 0 Å². The second-order valence-electron chi connectivity index (χ2n) is 9.95. The van der Waals surface area contributed by atoms with Gasteiger partial charge in [0.15, 0.2) is 11.4 Å². The molecule has 0 aliphatic carbocycles. The third-order valence-corrected chi connectivity index (χ3v) is 7.60. The maximum Gasteiger partial charge on any atom is 0.156 e. The van der Waals surface area contributed by atoms with E-state index in [1.165, 1.54) is 69.2 Å². The summed E-state index contributed by atoms with van der Waals surface area (Å²) in [6.07, 6.45) is 11.8. The number of hydrogen-bond donors (Lipinski definition) is 0. The van der Waals surface area contributed by atoms with Crippen LogP contribution in [0.4, 0.5) is 0 Å². The Balaban J connectivity index is 0.00000193. The zero-order valence-electron chi connectivity index (χ0n) is 20.4. The Labute approximate surface area is 222 Å². The molecule has 2 aliphatic heterocycles. The summed E-state index contributed by atoms with van der Waals surface area (Å²) in [6, 6.07) is 22.0. The van der Waals surface area contributed by atoms with Crippen molar-refractivity contribution in [1.29, 1.82) is 0 Å². The Morgan fingerprint density at radius 1 is 0.636 bits per heavy atom. The first-order chi connectivity index (χ1) is 15.2. The second kappa shape index (κ2) is 14.2. The topological polar surface area (TPSA) is 6.02 Å². The fourth-order valence-electron chi connectivity index (χ4n) is 5.52. The van der Waals surface area contributed by atoms with Crippen molar-refractivity contribution in [3.8, 4) is 0 Å². The lowest BCUT2D eigenvalue weighted by Crippen LogP contribution is -3.00. The number of halogens is 2. The van der Waals surface area contributed by atoms with Crippen LogP contribution in [-0.2, 0) is 12.8 Å². The van der Waals surface area contributed by atoms with E-state index in [-0.39, 0.29) is 34.0 Å². The SMILES string of the molecule is C[N+]1=C(Cc2ccccc2)CC(CCCC2CC[N+](C)=C(Cc3ccccc3)C2)CC1.[Br-].[Br-]. The van der Waals surface area contributed by atoms with Crippen LogP contribution in [0, 0.1) is 11.8 Å². The molecule has 0 spiro atoms. The fourth-order valence-corrected chi connectivity index (χ4v) is 5.52. The van der Waals surface area contributed by atoms with Crippen LogP contribution in [-0.4, -0.2) is 47.8 Å². The van der Waals surface area contributed by atoms with Crippen molar-refractivity contribution >= 4 is 11.4 Å². The molecular weight excluding hydrogens is 536 g/mol. The molecule has 4 heteroatoms. The standard InChI is InChI=1S/C29H40N2.2BrH/c1-30-18-16-26(22-28(30)20-24-10-5-3-6-11-24)14-9-15-27-17-19-31(2)29(23-27)21-25-12-7-4-8-13-25;;/h3-8,10-13,26-27H,9,14-23H2,1-2H3;2*1H/q+2;;/p-2. The summed E-state index contributed by atoms with van der Waals surface area (Å²) in [5.74, 6) is 1.77. The average molecular weight is 576 g/mol. The molecule has 2 aromatic carbocycles. The van der Waals surface area contributed by atoms with Crippen LogP contribution < -0.4 is 34.0 Å². The molecule has 2 aromatic rings. The van der Waals surface area contributed by atoms with Crippen molar-refractivity contribution in [3.05, 3.63) is 71.8 Å². The van der Waals surface area contributed by atoms with Gasteiger partial charge in [-0.2, -0.15) is 0 Å². The molecule has 2 nitrogen and oxygen atoms in total. The Kier molecular flexibility index (Phi) is 12.0. The van der Waals surface area contributed by atoms with Crippen molar-refractivity contribution in [2.45, 2.75) is 57.8 Å². The van der Waals surface area contributed by atoms with Gasteiger partial charge in [-0.25, -0.2) is 9.15 Å². The molecule has 0 fully saturated rings. The highest BCUT2D eigenvalue weighted by Gasteiger charge is 2.27. The quantitative estimate of drug-likeness (QED) is 0.379. The predicted octanol–water partition coefficient (Wildman–Crippen LogP) is -0.363. The summed E-state index contributed by atoms with van der Waals surface area (Å²) in [5, 5.41) is 0. The molecule has 2 unspecified atom stereocenters. The van der Waals surface area contributed by atoms with E-state index in [0.29, 0.717) is 0 Å². The minimum absolute atomic E-state index is 0. The van der Waals surface area contributed by atoms with E-state index in [1.807, 2.05) is 0 Å². The monoisotopic (exact) mass is 574 g/mol. The first-order valence-electron chi connectivity index (χ1n) is 12.4.